The van der Waals surface area contributed by atoms with E-state index in [4.69, 9.17) is 11.3 Å². The van der Waals surface area contributed by atoms with Crippen LogP contribution in [0.2, 0.25) is 0 Å². The maximum absolute atomic E-state index is 7.10. The Morgan fingerprint density at radius 2 is 2.06 bits per heavy atom. The SMILES string of the molecule is [C-]#[N+]CN1CCC(c2ccc3[nH]c(-c4cc(OC)c5ncnn5c4)c(C(C)C)c3c2)CC1. The Bertz CT molecular complexity index is 1300. The molecule has 0 radical (unpaired) electrons. The minimum absolute atomic E-state index is 0.354. The topological polar surface area (TPSA) is 62.8 Å². The molecule has 0 unspecified atom stereocenters. The summed E-state index contributed by atoms with van der Waals surface area (Å²) in [7, 11) is 1.66. The van der Waals surface area contributed by atoms with Crippen LogP contribution in [0, 0.1) is 6.57 Å². The standard InChI is InChI=1S/C25H28N6O/c1-16(2)23-20-11-18(17-7-9-30(10-8-17)15-26-3)5-6-21(20)29-24(23)19-12-22(32-4)25-27-14-28-31(25)13-19/h5-6,11-14,16-17,29H,7-10,15H2,1-2,4H3. The van der Waals surface area contributed by atoms with Gasteiger partial charge in [0.15, 0.2) is 11.4 Å². The van der Waals surface area contributed by atoms with Gasteiger partial charge in [-0.05, 0) is 54.0 Å². The van der Waals surface area contributed by atoms with E-state index in [0.717, 1.165) is 42.7 Å². The highest BCUT2D eigenvalue weighted by molar-refractivity contribution is 5.92. The first kappa shape index (κ1) is 20.5. The van der Waals surface area contributed by atoms with Crippen LogP contribution in [0.4, 0.5) is 0 Å². The summed E-state index contributed by atoms with van der Waals surface area (Å²) in [6.45, 7) is 14.1. The van der Waals surface area contributed by atoms with E-state index in [0.29, 0.717) is 29.9 Å². The molecule has 0 spiro atoms. The molecule has 1 fully saturated rings. The number of hydrogen-bond donors (Lipinski definition) is 1. The van der Waals surface area contributed by atoms with E-state index in [1.165, 1.54) is 16.5 Å². The van der Waals surface area contributed by atoms with E-state index < -0.39 is 0 Å². The summed E-state index contributed by atoms with van der Waals surface area (Å²) >= 11 is 0. The molecule has 3 aromatic heterocycles. The minimum Gasteiger partial charge on any atom is -0.493 e. The average molecular weight is 429 g/mol. The largest absolute Gasteiger partial charge is 0.493 e. The number of benzene rings is 1. The molecule has 1 N–H and O–H groups in total. The van der Waals surface area contributed by atoms with Crippen LogP contribution in [0.1, 0.15) is 49.7 Å². The van der Waals surface area contributed by atoms with E-state index in [1.54, 1.807) is 18.0 Å². The van der Waals surface area contributed by atoms with Crippen LogP contribution in [-0.4, -0.2) is 51.3 Å². The molecular formula is C25H28N6O. The molecule has 5 rings (SSSR count). The van der Waals surface area contributed by atoms with E-state index in [9.17, 15) is 0 Å². The van der Waals surface area contributed by atoms with Crippen LogP contribution in [0.3, 0.4) is 0 Å². The second kappa shape index (κ2) is 8.29. The Hall–Kier alpha value is -3.37. The number of ether oxygens (including phenoxy) is 1. The van der Waals surface area contributed by atoms with Crippen LogP contribution in [0.15, 0.2) is 36.8 Å². The zero-order chi connectivity index (χ0) is 22.2. The smallest absolute Gasteiger partial charge is 0.270 e. The molecule has 32 heavy (non-hydrogen) atoms. The minimum atomic E-state index is 0.354. The Kier molecular flexibility index (Phi) is 5.32. The fourth-order valence-corrected chi connectivity index (χ4v) is 5.00. The number of hydrogen-bond acceptors (Lipinski definition) is 4. The molecule has 7 heteroatoms. The molecule has 1 aliphatic rings. The summed E-state index contributed by atoms with van der Waals surface area (Å²) in [6.07, 6.45) is 5.77. The summed E-state index contributed by atoms with van der Waals surface area (Å²) in [4.78, 5) is 13.8. The first-order valence-electron chi connectivity index (χ1n) is 11.2. The van der Waals surface area contributed by atoms with Gasteiger partial charge >= 0.3 is 0 Å². The number of likely N-dealkylation sites (tertiary alicyclic amines) is 1. The number of H-pyrrole nitrogens is 1. The van der Waals surface area contributed by atoms with Crippen molar-refractivity contribution in [3.8, 4) is 17.0 Å². The first-order chi connectivity index (χ1) is 15.6. The van der Waals surface area contributed by atoms with Gasteiger partial charge in [-0.2, -0.15) is 5.10 Å². The quantitative estimate of drug-likeness (QED) is 0.451. The lowest BCUT2D eigenvalue weighted by Crippen LogP contribution is -2.32. The molecule has 0 amide bonds. The predicted molar refractivity (Wildman–Crippen MR) is 126 cm³/mol. The van der Waals surface area contributed by atoms with Crippen LogP contribution >= 0.6 is 0 Å². The highest BCUT2D eigenvalue weighted by Gasteiger charge is 2.24. The number of nitrogens with one attached hydrogen (secondary N) is 1. The predicted octanol–water partition coefficient (Wildman–Crippen LogP) is 5.07. The lowest BCUT2D eigenvalue weighted by Gasteiger charge is -2.28. The molecule has 0 saturated carbocycles. The van der Waals surface area contributed by atoms with E-state index in [2.05, 4.69) is 56.9 Å². The van der Waals surface area contributed by atoms with Crippen molar-refractivity contribution in [2.24, 2.45) is 0 Å². The molecule has 7 nitrogen and oxygen atoms in total. The number of rotatable bonds is 5. The van der Waals surface area contributed by atoms with Gasteiger partial charge < -0.3 is 9.72 Å². The van der Waals surface area contributed by atoms with Crippen molar-refractivity contribution in [3.05, 3.63) is 59.3 Å². The first-order valence-corrected chi connectivity index (χ1v) is 11.2. The van der Waals surface area contributed by atoms with Crippen LogP contribution in [-0.2, 0) is 0 Å². The van der Waals surface area contributed by atoms with Crippen molar-refractivity contribution >= 4 is 16.6 Å². The molecule has 164 valence electrons. The number of aromatic nitrogens is 4. The molecule has 1 aromatic carbocycles. The number of aromatic amines is 1. The van der Waals surface area contributed by atoms with Gasteiger partial charge in [-0.3, -0.25) is 4.85 Å². The summed E-state index contributed by atoms with van der Waals surface area (Å²) in [6, 6.07) is 8.90. The van der Waals surface area contributed by atoms with Gasteiger partial charge in [0.25, 0.3) is 6.67 Å². The summed E-state index contributed by atoms with van der Waals surface area (Å²) in [5.41, 5.74) is 6.72. The van der Waals surface area contributed by atoms with E-state index in [-0.39, 0.29) is 0 Å². The lowest BCUT2D eigenvalue weighted by molar-refractivity contribution is 0.232. The van der Waals surface area contributed by atoms with Crippen molar-refractivity contribution in [1.29, 1.82) is 0 Å². The number of pyridine rings is 1. The van der Waals surface area contributed by atoms with Gasteiger partial charge in [-0.25, -0.2) is 21.0 Å². The van der Waals surface area contributed by atoms with Crippen molar-refractivity contribution < 1.29 is 4.74 Å². The van der Waals surface area contributed by atoms with Gasteiger partial charge in [-0.1, -0.05) is 19.9 Å². The number of nitrogens with zero attached hydrogens (tertiary/aromatic N) is 5. The monoisotopic (exact) mass is 428 g/mol. The van der Waals surface area contributed by atoms with Crippen LogP contribution in [0.25, 0.3) is 32.7 Å². The Balaban J connectivity index is 1.57. The summed E-state index contributed by atoms with van der Waals surface area (Å²) in [5, 5.41) is 5.61. The zero-order valence-corrected chi connectivity index (χ0v) is 18.8. The Morgan fingerprint density at radius 3 is 2.78 bits per heavy atom. The van der Waals surface area contributed by atoms with E-state index in [1.807, 2.05) is 12.3 Å². The second-order valence-corrected chi connectivity index (χ2v) is 8.89. The molecule has 0 aliphatic carbocycles. The summed E-state index contributed by atoms with van der Waals surface area (Å²) < 4.78 is 7.36. The van der Waals surface area contributed by atoms with Gasteiger partial charge in [-0.15, -0.1) is 0 Å². The third-order valence-corrected chi connectivity index (χ3v) is 6.62. The highest BCUT2D eigenvalue weighted by Crippen LogP contribution is 2.39. The molecule has 4 aromatic rings. The zero-order valence-electron chi connectivity index (χ0n) is 18.8. The molecule has 1 saturated heterocycles. The van der Waals surface area contributed by atoms with Crippen LogP contribution in [0.5, 0.6) is 5.75 Å². The maximum atomic E-state index is 7.10. The van der Waals surface area contributed by atoms with Crippen molar-refractivity contribution in [2.75, 3.05) is 26.9 Å². The number of methoxy groups -OCH3 is 1. The second-order valence-electron chi connectivity index (χ2n) is 8.89. The normalized spacial score (nSPS) is 15.6. The van der Waals surface area contributed by atoms with Crippen molar-refractivity contribution in [3.63, 3.8) is 0 Å². The average Bonchev–Trinajstić information content (AvgIpc) is 3.43. The Morgan fingerprint density at radius 1 is 1.25 bits per heavy atom. The maximum Gasteiger partial charge on any atom is 0.270 e. The van der Waals surface area contributed by atoms with E-state index >= 15 is 0 Å². The fourth-order valence-electron chi connectivity index (χ4n) is 5.00. The van der Waals surface area contributed by atoms with Crippen molar-refractivity contribution in [1.82, 2.24) is 24.5 Å². The molecule has 0 atom stereocenters. The van der Waals surface area contributed by atoms with Gasteiger partial charge in [0.05, 0.1) is 12.8 Å². The number of fused-ring (bicyclic) bond motifs is 2. The van der Waals surface area contributed by atoms with Gasteiger partial charge in [0.2, 0.25) is 0 Å². The lowest BCUT2D eigenvalue weighted by atomic mass is 9.87. The van der Waals surface area contributed by atoms with Gasteiger partial charge in [0, 0.05) is 35.8 Å². The molecule has 0 bridgehead atoms. The molecular weight excluding hydrogens is 400 g/mol. The van der Waals surface area contributed by atoms with Crippen molar-refractivity contribution in [2.45, 2.75) is 38.5 Å². The van der Waals surface area contributed by atoms with Gasteiger partial charge in [0.1, 0.15) is 6.33 Å². The third-order valence-electron chi connectivity index (χ3n) is 6.62. The highest BCUT2D eigenvalue weighted by atomic mass is 16.5. The Labute approximate surface area is 187 Å². The molecule has 1 aliphatic heterocycles. The van der Waals surface area contributed by atoms with Crippen LogP contribution < -0.4 is 4.74 Å². The summed E-state index contributed by atoms with van der Waals surface area (Å²) in [5.74, 6) is 1.61. The fraction of sp³-hybridized carbons (Fsp3) is 0.400. The molecule has 4 heterocycles. The third kappa shape index (κ3) is 3.51. The number of piperidine rings is 1.